The maximum Gasteiger partial charge on any atom is 0.375 e. The summed E-state index contributed by atoms with van der Waals surface area (Å²) in [6.07, 6.45) is -1.20. The van der Waals surface area contributed by atoms with Gasteiger partial charge in [0, 0.05) is 11.3 Å². The van der Waals surface area contributed by atoms with Crippen LogP contribution in [0, 0.1) is 5.82 Å². The van der Waals surface area contributed by atoms with Crippen molar-refractivity contribution in [3.05, 3.63) is 88.5 Å². The van der Waals surface area contributed by atoms with Gasteiger partial charge in [0.15, 0.2) is 4.67 Å². The molecule has 1 atom stereocenters. The van der Waals surface area contributed by atoms with Gasteiger partial charge in [-0.2, -0.15) is 0 Å². The number of halogens is 2. The highest BCUT2D eigenvalue weighted by Gasteiger charge is 2.27. The summed E-state index contributed by atoms with van der Waals surface area (Å²) in [7, 11) is 0. The highest BCUT2D eigenvalue weighted by Crippen LogP contribution is 2.23. The first-order valence-electron chi connectivity index (χ1n) is 7.60. The fourth-order valence-electron chi connectivity index (χ4n) is 2.23. The number of nitrogens with one attached hydrogen (secondary N) is 1. The standard InChI is InChI=1S/C19H13BrFNO4/c20-16-11-10-15(25-16)19(24)26-17(12-4-2-1-3-5-12)18(23)22-14-8-6-13(21)7-9-14/h1-11,17H,(H,22,23)/t17-/m0/s1. The largest absolute Gasteiger partial charge is 0.442 e. The fraction of sp³-hybridized carbons (Fsp3) is 0.0526. The number of carbonyl (C=O) groups excluding carboxylic acids is 2. The number of benzene rings is 2. The van der Waals surface area contributed by atoms with E-state index in [0.717, 1.165) is 0 Å². The molecule has 0 aliphatic rings. The van der Waals surface area contributed by atoms with Gasteiger partial charge in [-0.05, 0) is 52.3 Å². The molecule has 0 aliphatic carbocycles. The van der Waals surface area contributed by atoms with Crippen molar-refractivity contribution in [1.82, 2.24) is 0 Å². The summed E-state index contributed by atoms with van der Waals surface area (Å²) in [5, 5.41) is 2.61. The molecular weight excluding hydrogens is 405 g/mol. The number of furan rings is 1. The van der Waals surface area contributed by atoms with E-state index >= 15 is 0 Å². The molecule has 0 saturated carbocycles. The molecule has 5 nitrogen and oxygen atoms in total. The van der Waals surface area contributed by atoms with E-state index in [-0.39, 0.29) is 5.76 Å². The van der Waals surface area contributed by atoms with Crippen molar-refractivity contribution in [3.8, 4) is 0 Å². The van der Waals surface area contributed by atoms with Crippen LogP contribution in [0.3, 0.4) is 0 Å². The van der Waals surface area contributed by atoms with Crippen LogP contribution >= 0.6 is 15.9 Å². The zero-order chi connectivity index (χ0) is 18.5. The number of esters is 1. The highest BCUT2D eigenvalue weighted by atomic mass is 79.9. The van der Waals surface area contributed by atoms with Crippen molar-refractivity contribution in [2.45, 2.75) is 6.10 Å². The Morgan fingerprint density at radius 3 is 2.31 bits per heavy atom. The zero-order valence-corrected chi connectivity index (χ0v) is 14.9. The van der Waals surface area contributed by atoms with Crippen LogP contribution in [0.2, 0.25) is 0 Å². The van der Waals surface area contributed by atoms with Crippen LogP contribution in [0.25, 0.3) is 0 Å². The molecule has 2 aromatic carbocycles. The van der Waals surface area contributed by atoms with E-state index in [1.54, 1.807) is 36.4 Å². The third kappa shape index (κ3) is 4.37. The Hall–Kier alpha value is -2.93. The first-order valence-corrected chi connectivity index (χ1v) is 8.40. The van der Waals surface area contributed by atoms with Gasteiger partial charge in [0.2, 0.25) is 11.9 Å². The van der Waals surface area contributed by atoms with Gasteiger partial charge in [0.25, 0.3) is 5.91 Å². The van der Waals surface area contributed by atoms with Gasteiger partial charge in [-0.1, -0.05) is 30.3 Å². The van der Waals surface area contributed by atoms with Crippen LogP contribution in [-0.2, 0) is 9.53 Å². The number of anilines is 1. The molecule has 0 radical (unpaired) electrons. The Labute approximate surface area is 156 Å². The van der Waals surface area contributed by atoms with Gasteiger partial charge in [0.1, 0.15) is 5.82 Å². The lowest BCUT2D eigenvalue weighted by Crippen LogP contribution is -2.25. The van der Waals surface area contributed by atoms with Crippen molar-refractivity contribution in [1.29, 1.82) is 0 Å². The molecule has 3 rings (SSSR count). The quantitative estimate of drug-likeness (QED) is 0.609. The predicted octanol–water partition coefficient (Wildman–Crippen LogP) is 4.72. The van der Waals surface area contributed by atoms with Gasteiger partial charge in [0.05, 0.1) is 0 Å². The number of carbonyl (C=O) groups is 2. The Morgan fingerprint density at radius 1 is 1.00 bits per heavy atom. The lowest BCUT2D eigenvalue weighted by atomic mass is 10.1. The summed E-state index contributed by atoms with van der Waals surface area (Å²) >= 11 is 3.11. The Balaban J connectivity index is 1.82. The molecular formula is C19H13BrFNO4. The monoisotopic (exact) mass is 417 g/mol. The molecule has 0 saturated heterocycles. The van der Waals surface area contributed by atoms with Crippen LogP contribution in [0.4, 0.5) is 10.1 Å². The summed E-state index contributed by atoms with van der Waals surface area (Å²) in [6, 6.07) is 16.8. The molecule has 3 aromatic rings. The SMILES string of the molecule is O=C(O[C@H](C(=O)Nc1ccc(F)cc1)c1ccccc1)c1ccc(Br)o1. The molecule has 132 valence electrons. The second-order valence-electron chi connectivity index (χ2n) is 5.30. The first-order chi connectivity index (χ1) is 12.5. The van der Waals surface area contributed by atoms with Crippen LogP contribution in [0.5, 0.6) is 0 Å². The molecule has 0 aliphatic heterocycles. The van der Waals surface area contributed by atoms with Crippen molar-refractivity contribution in [2.75, 3.05) is 5.32 Å². The van der Waals surface area contributed by atoms with Gasteiger partial charge in [-0.15, -0.1) is 0 Å². The molecule has 1 N–H and O–H groups in total. The van der Waals surface area contributed by atoms with Gasteiger partial charge in [-0.3, -0.25) is 4.79 Å². The molecule has 1 amide bonds. The van der Waals surface area contributed by atoms with Crippen molar-refractivity contribution < 1.29 is 23.1 Å². The molecule has 0 bridgehead atoms. The minimum absolute atomic E-state index is 0.0348. The minimum Gasteiger partial charge on any atom is -0.442 e. The van der Waals surface area contributed by atoms with Crippen molar-refractivity contribution in [2.24, 2.45) is 0 Å². The maximum absolute atomic E-state index is 13.0. The number of hydrogen-bond donors (Lipinski definition) is 1. The average Bonchev–Trinajstić information content (AvgIpc) is 3.08. The topological polar surface area (TPSA) is 68.5 Å². The molecule has 1 aromatic heterocycles. The fourth-order valence-corrected chi connectivity index (χ4v) is 2.54. The van der Waals surface area contributed by atoms with Gasteiger partial charge >= 0.3 is 5.97 Å². The normalized spacial score (nSPS) is 11.6. The Bertz CT molecular complexity index is 909. The van der Waals surface area contributed by atoms with Crippen LogP contribution < -0.4 is 5.32 Å². The molecule has 1 heterocycles. The third-order valence-corrected chi connectivity index (χ3v) is 3.88. The van der Waals surface area contributed by atoms with Crippen LogP contribution in [0.1, 0.15) is 22.2 Å². The molecule has 0 spiro atoms. The lowest BCUT2D eigenvalue weighted by Gasteiger charge is -2.17. The number of amides is 1. The molecule has 7 heteroatoms. The highest BCUT2D eigenvalue weighted by molar-refractivity contribution is 9.10. The number of ether oxygens (including phenoxy) is 1. The Kier molecular flexibility index (Phi) is 5.48. The lowest BCUT2D eigenvalue weighted by molar-refractivity contribution is -0.125. The van der Waals surface area contributed by atoms with Gasteiger partial charge < -0.3 is 14.5 Å². The molecule has 26 heavy (non-hydrogen) atoms. The molecule has 0 fully saturated rings. The van der Waals surface area contributed by atoms with Crippen molar-refractivity contribution in [3.63, 3.8) is 0 Å². The summed E-state index contributed by atoms with van der Waals surface area (Å²) in [5.41, 5.74) is 0.875. The van der Waals surface area contributed by atoms with E-state index in [9.17, 15) is 14.0 Å². The smallest absolute Gasteiger partial charge is 0.375 e. The van der Waals surface area contributed by atoms with E-state index in [0.29, 0.717) is 15.9 Å². The Morgan fingerprint density at radius 2 is 1.69 bits per heavy atom. The van der Waals surface area contributed by atoms with E-state index in [1.165, 1.54) is 30.3 Å². The van der Waals surface area contributed by atoms with Crippen LogP contribution in [-0.4, -0.2) is 11.9 Å². The summed E-state index contributed by atoms with van der Waals surface area (Å²) < 4.78 is 23.9. The van der Waals surface area contributed by atoms with E-state index in [1.807, 2.05) is 0 Å². The van der Waals surface area contributed by atoms with Crippen LogP contribution in [0.15, 0.2) is 75.8 Å². The summed E-state index contributed by atoms with van der Waals surface area (Å²) in [5.74, 6) is -1.80. The zero-order valence-electron chi connectivity index (χ0n) is 13.3. The first kappa shape index (κ1) is 17.9. The predicted molar refractivity (Wildman–Crippen MR) is 96.0 cm³/mol. The average molecular weight is 418 g/mol. The van der Waals surface area contributed by atoms with E-state index in [4.69, 9.17) is 9.15 Å². The van der Waals surface area contributed by atoms with Gasteiger partial charge in [-0.25, -0.2) is 9.18 Å². The number of rotatable bonds is 5. The molecule has 0 unspecified atom stereocenters. The maximum atomic E-state index is 13.0. The second kappa shape index (κ2) is 7.97. The minimum atomic E-state index is -1.20. The van der Waals surface area contributed by atoms with E-state index in [2.05, 4.69) is 21.2 Å². The number of hydrogen-bond acceptors (Lipinski definition) is 4. The van der Waals surface area contributed by atoms with Crippen molar-refractivity contribution >= 4 is 33.5 Å². The third-order valence-electron chi connectivity index (χ3n) is 3.45. The summed E-state index contributed by atoms with van der Waals surface area (Å²) in [6.45, 7) is 0. The van der Waals surface area contributed by atoms with E-state index < -0.39 is 23.8 Å². The summed E-state index contributed by atoms with van der Waals surface area (Å²) in [4.78, 5) is 24.9. The second-order valence-corrected chi connectivity index (χ2v) is 6.08.